The smallest absolute Gasteiger partial charge is 0.314 e. The Morgan fingerprint density at radius 3 is 2.86 bits per heavy atom. The first kappa shape index (κ1) is 9.93. The van der Waals surface area contributed by atoms with Gasteiger partial charge >= 0.3 is 5.97 Å². The molecule has 4 nitrogen and oxygen atoms in total. The molecular formula is C10H16O4. The van der Waals surface area contributed by atoms with Gasteiger partial charge in [0.2, 0.25) is 0 Å². The summed E-state index contributed by atoms with van der Waals surface area (Å²) < 4.78 is 10.6. The monoisotopic (exact) mass is 200 g/mol. The highest BCUT2D eigenvalue weighted by Gasteiger charge is 2.56. The number of hydrogen-bond acceptors (Lipinski definition) is 3. The minimum Gasteiger partial charge on any atom is -0.481 e. The van der Waals surface area contributed by atoms with E-state index in [1.807, 2.05) is 0 Å². The molecule has 80 valence electrons. The van der Waals surface area contributed by atoms with Crippen LogP contribution in [0.3, 0.4) is 0 Å². The molecule has 1 aliphatic heterocycles. The van der Waals surface area contributed by atoms with Crippen LogP contribution in [0.25, 0.3) is 0 Å². The van der Waals surface area contributed by atoms with E-state index in [9.17, 15) is 9.90 Å². The number of carboxylic acids is 1. The Morgan fingerprint density at radius 2 is 2.36 bits per heavy atom. The van der Waals surface area contributed by atoms with Gasteiger partial charge in [-0.25, -0.2) is 0 Å². The fourth-order valence-corrected chi connectivity index (χ4v) is 2.36. The normalized spacial score (nSPS) is 37.4. The summed E-state index contributed by atoms with van der Waals surface area (Å²) in [7, 11) is 1.55. The second-order valence-corrected chi connectivity index (χ2v) is 4.27. The quantitative estimate of drug-likeness (QED) is 0.732. The molecular weight excluding hydrogens is 184 g/mol. The number of carboxylic acid groups (broad SMARTS) is 1. The summed E-state index contributed by atoms with van der Waals surface area (Å²) in [5.74, 6) is -0.322. The minimum atomic E-state index is -0.782. The van der Waals surface area contributed by atoms with Crippen molar-refractivity contribution in [3.8, 4) is 0 Å². The molecule has 0 aromatic rings. The fourth-order valence-electron chi connectivity index (χ4n) is 2.36. The third kappa shape index (κ3) is 1.42. The molecule has 0 bridgehead atoms. The van der Waals surface area contributed by atoms with E-state index in [1.54, 1.807) is 7.11 Å². The molecule has 2 fully saturated rings. The van der Waals surface area contributed by atoms with Crippen molar-refractivity contribution in [2.24, 2.45) is 11.3 Å². The van der Waals surface area contributed by atoms with Crippen molar-refractivity contribution in [1.82, 2.24) is 0 Å². The van der Waals surface area contributed by atoms with Gasteiger partial charge in [0.1, 0.15) is 5.41 Å². The lowest BCUT2D eigenvalue weighted by molar-refractivity contribution is -0.157. The summed E-state index contributed by atoms with van der Waals surface area (Å²) in [6, 6.07) is 0. The van der Waals surface area contributed by atoms with Gasteiger partial charge in [-0.1, -0.05) is 0 Å². The molecule has 14 heavy (non-hydrogen) atoms. The van der Waals surface area contributed by atoms with Crippen LogP contribution in [0.5, 0.6) is 0 Å². The molecule has 2 unspecified atom stereocenters. The standard InChI is InChI=1S/C10H16O4/c1-13-6-10(9(11)12)4-5-14-8(10)7-2-3-7/h7-8H,2-6H2,1H3,(H,11,12). The number of hydrogen-bond donors (Lipinski definition) is 1. The van der Waals surface area contributed by atoms with E-state index >= 15 is 0 Å². The highest BCUT2D eigenvalue weighted by atomic mass is 16.5. The molecule has 0 radical (unpaired) electrons. The third-order valence-electron chi connectivity index (χ3n) is 3.27. The van der Waals surface area contributed by atoms with E-state index in [-0.39, 0.29) is 12.7 Å². The Morgan fingerprint density at radius 1 is 1.64 bits per heavy atom. The van der Waals surface area contributed by atoms with Crippen molar-refractivity contribution in [2.75, 3.05) is 20.3 Å². The molecule has 2 rings (SSSR count). The van der Waals surface area contributed by atoms with Crippen LogP contribution in [0, 0.1) is 11.3 Å². The molecule has 2 atom stereocenters. The summed E-state index contributed by atoms with van der Waals surface area (Å²) in [6.45, 7) is 0.820. The lowest BCUT2D eigenvalue weighted by Gasteiger charge is -2.28. The summed E-state index contributed by atoms with van der Waals surface area (Å²) in [6.07, 6.45) is 2.66. The molecule has 1 saturated carbocycles. The Hall–Kier alpha value is -0.610. The Kier molecular flexibility index (Phi) is 2.49. The van der Waals surface area contributed by atoms with E-state index in [1.165, 1.54) is 0 Å². The maximum absolute atomic E-state index is 11.3. The Balaban J connectivity index is 2.17. The largest absolute Gasteiger partial charge is 0.481 e. The van der Waals surface area contributed by atoms with Crippen LogP contribution in [-0.2, 0) is 14.3 Å². The highest BCUT2D eigenvalue weighted by molar-refractivity contribution is 5.76. The topological polar surface area (TPSA) is 55.8 Å². The van der Waals surface area contributed by atoms with Crippen molar-refractivity contribution >= 4 is 5.97 Å². The molecule has 2 aliphatic rings. The lowest BCUT2D eigenvalue weighted by atomic mass is 9.79. The van der Waals surface area contributed by atoms with Crippen LogP contribution in [0.4, 0.5) is 0 Å². The Bertz CT molecular complexity index is 236. The molecule has 0 spiro atoms. The fraction of sp³-hybridized carbons (Fsp3) is 0.900. The first-order chi connectivity index (χ1) is 6.70. The van der Waals surface area contributed by atoms with Crippen LogP contribution in [0.15, 0.2) is 0 Å². The predicted molar refractivity (Wildman–Crippen MR) is 49.0 cm³/mol. The first-order valence-corrected chi connectivity index (χ1v) is 5.04. The third-order valence-corrected chi connectivity index (χ3v) is 3.27. The van der Waals surface area contributed by atoms with Crippen molar-refractivity contribution in [2.45, 2.75) is 25.4 Å². The average Bonchev–Trinajstić information content (AvgIpc) is 2.89. The molecule has 0 aromatic heterocycles. The van der Waals surface area contributed by atoms with E-state index in [0.29, 0.717) is 18.9 Å². The van der Waals surface area contributed by atoms with Gasteiger partial charge in [0, 0.05) is 13.7 Å². The lowest BCUT2D eigenvalue weighted by Crippen LogP contribution is -2.43. The number of methoxy groups -OCH3 is 1. The summed E-state index contributed by atoms with van der Waals surface area (Å²) in [5.41, 5.74) is -0.782. The summed E-state index contributed by atoms with van der Waals surface area (Å²) in [4.78, 5) is 11.3. The number of rotatable bonds is 4. The van der Waals surface area contributed by atoms with E-state index in [2.05, 4.69) is 0 Å². The van der Waals surface area contributed by atoms with Crippen LogP contribution in [0.1, 0.15) is 19.3 Å². The minimum absolute atomic E-state index is 0.125. The van der Waals surface area contributed by atoms with Crippen molar-refractivity contribution in [1.29, 1.82) is 0 Å². The van der Waals surface area contributed by atoms with Gasteiger partial charge in [0.05, 0.1) is 12.7 Å². The van der Waals surface area contributed by atoms with Crippen molar-refractivity contribution in [3.05, 3.63) is 0 Å². The number of ether oxygens (including phenoxy) is 2. The van der Waals surface area contributed by atoms with E-state index < -0.39 is 11.4 Å². The van der Waals surface area contributed by atoms with Gasteiger partial charge in [-0.2, -0.15) is 0 Å². The zero-order chi connectivity index (χ0) is 10.2. The van der Waals surface area contributed by atoms with Gasteiger partial charge in [0.15, 0.2) is 0 Å². The number of aliphatic carboxylic acids is 1. The maximum Gasteiger partial charge on any atom is 0.314 e. The van der Waals surface area contributed by atoms with Gasteiger partial charge in [0.25, 0.3) is 0 Å². The van der Waals surface area contributed by atoms with E-state index in [0.717, 1.165) is 12.8 Å². The van der Waals surface area contributed by atoms with Crippen LogP contribution in [0.2, 0.25) is 0 Å². The van der Waals surface area contributed by atoms with Gasteiger partial charge in [-0.15, -0.1) is 0 Å². The second kappa shape index (κ2) is 3.51. The van der Waals surface area contributed by atoms with Gasteiger partial charge in [-0.05, 0) is 25.2 Å². The van der Waals surface area contributed by atoms with Gasteiger partial charge < -0.3 is 14.6 Å². The summed E-state index contributed by atoms with van der Waals surface area (Å²) >= 11 is 0. The predicted octanol–water partition coefficient (Wildman–Crippen LogP) is 0.903. The maximum atomic E-state index is 11.3. The van der Waals surface area contributed by atoms with Crippen molar-refractivity contribution in [3.63, 3.8) is 0 Å². The molecule has 1 N–H and O–H groups in total. The van der Waals surface area contributed by atoms with Crippen LogP contribution < -0.4 is 0 Å². The molecule has 1 aliphatic carbocycles. The average molecular weight is 200 g/mol. The van der Waals surface area contributed by atoms with Crippen LogP contribution in [-0.4, -0.2) is 37.5 Å². The van der Waals surface area contributed by atoms with Crippen LogP contribution >= 0.6 is 0 Å². The summed E-state index contributed by atoms with van der Waals surface area (Å²) in [5, 5.41) is 9.28. The SMILES string of the molecule is COCC1(C(=O)O)CCOC1C1CC1. The second-order valence-electron chi connectivity index (χ2n) is 4.27. The molecule has 1 saturated heterocycles. The van der Waals surface area contributed by atoms with Crippen molar-refractivity contribution < 1.29 is 19.4 Å². The molecule has 1 heterocycles. The Labute approximate surface area is 83.2 Å². The first-order valence-electron chi connectivity index (χ1n) is 5.04. The van der Waals surface area contributed by atoms with Gasteiger partial charge in [-0.3, -0.25) is 4.79 Å². The number of carbonyl (C=O) groups is 1. The van der Waals surface area contributed by atoms with E-state index in [4.69, 9.17) is 9.47 Å². The zero-order valence-electron chi connectivity index (χ0n) is 8.36. The molecule has 4 heteroatoms. The highest BCUT2D eigenvalue weighted by Crippen LogP contribution is 2.48. The molecule has 0 aromatic carbocycles. The molecule has 0 amide bonds. The zero-order valence-corrected chi connectivity index (χ0v) is 8.36.